The molecule has 4 aliphatic heterocycles. The SMILES string of the molecule is C1CC2CCCC(C1)B2OCCSC1CCCCC1OB1C2CCCC1CCC2. The molecule has 5 rings (SSSR count). The molecule has 2 nitrogen and oxygen atoms in total. The molecule has 4 heterocycles. The van der Waals surface area contributed by atoms with Crippen molar-refractivity contribution in [3.63, 3.8) is 0 Å². The highest BCUT2D eigenvalue weighted by Crippen LogP contribution is 2.49. The molecule has 0 spiro atoms. The summed E-state index contributed by atoms with van der Waals surface area (Å²) >= 11 is 2.19. The van der Waals surface area contributed by atoms with Crippen molar-refractivity contribution >= 4 is 25.6 Å². The van der Waals surface area contributed by atoms with Crippen molar-refractivity contribution in [2.45, 2.75) is 137 Å². The van der Waals surface area contributed by atoms with E-state index in [9.17, 15) is 0 Å². The van der Waals surface area contributed by atoms with E-state index in [1.807, 2.05) is 0 Å². The molecule has 2 unspecified atom stereocenters. The first-order chi connectivity index (χ1) is 14.4. The number of rotatable bonds is 7. The summed E-state index contributed by atoms with van der Waals surface area (Å²) in [6.45, 7) is 2.17. The van der Waals surface area contributed by atoms with Crippen LogP contribution in [0, 0.1) is 0 Å². The second-order valence-corrected chi connectivity index (χ2v) is 12.3. The van der Waals surface area contributed by atoms with Gasteiger partial charge in [0.05, 0.1) is 6.10 Å². The lowest BCUT2D eigenvalue weighted by Gasteiger charge is -2.43. The third-order valence-electron chi connectivity index (χ3n) is 9.16. The van der Waals surface area contributed by atoms with Gasteiger partial charge in [-0.2, -0.15) is 11.8 Å². The maximum absolute atomic E-state index is 6.96. The van der Waals surface area contributed by atoms with Crippen LogP contribution in [0.1, 0.15) is 103 Å². The van der Waals surface area contributed by atoms with E-state index in [4.69, 9.17) is 9.31 Å². The normalized spacial score (nSPS) is 40.1. The Morgan fingerprint density at radius 1 is 0.586 bits per heavy atom. The maximum atomic E-state index is 6.96. The number of hydrogen-bond acceptors (Lipinski definition) is 3. The molecule has 162 valence electrons. The Labute approximate surface area is 184 Å². The summed E-state index contributed by atoms with van der Waals surface area (Å²) in [5.74, 6) is 4.69. The second-order valence-electron chi connectivity index (χ2n) is 10.9. The lowest BCUT2D eigenvalue weighted by molar-refractivity contribution is 0.142. The molecule has 1 aliphatic carbocycles. The van der Waals surface area contributed by atoms with Crippen LogP contribution in [-0.2, 0) is 9.31 Å². The van der Waals surface area contributed by atoms with E-state index in [2.05, 4.69) is 11.8 Å². The van der Waals surface area contributed by atoms with Crippen molar-refractivity contribution < 1.29 is 9.31 Å². The lowest BCUT2D eigenvalue weighted by atomic mass is 9.38. The van der Waals surface area contributed by atoms with Crippen molar-refractivity contribution in [3.05, 3.63) is 0 Å². The van der Waals surface area contributed by atoms with E-state index in [1.165, 1.54) is 108 Å². The predicted octanol–water partition coefficient (Wildman–Crippen LogP) is 7.26. The average molecular weight is 416 g/mol. The van der Waals surface area contributed by atoms with Gasteiger partial charge in [0.25, 0.3) is 13.8 Å². The summed E-state index contributed by atoms with van der Waals surface area (Å²) < 4.78 is 13.5. The fraction of sp³-hybridized carbons (Fsp3) is 1.00. The Hall–Kier alpha value is 0.400. The Morgan fingerprint density at radius 2 is 1.10 bits per heavy atom. The molecule has 4 bridgehead atoms. The molecule has 4 saturated heterocycles. The molecular weight excluding hydrogens is 374 g/mol. The molecule has 29 heavy (non-hydrogen) atoms. The van der Waals surface area contributed by atoms with Crippen LogP contribution in [-0.4, -0.2) is 37.5 Å². The van der Waals surface area contributed by atoms with Crippen molar-refractivity contribution in [1.82, 2.24) is 0 Å². The lowest BCUT2D eigenvalue weighted by Crippen LogP contribution is -2.43. The van der Waals surface area contributed by atoms with Crippen LogP contribution < -0.4 is 0 Å². The summed E-state index contributed by atoms with van der Waals surface area (Å²) in [7, 11) is 0. The van der Waals surface area contributed by atoms with Crippen molar-refractivity contribution in [1.29, 1.82) is 0 Å². The average Bonchev–Trinajstić information content (AvgIpc) is 2.72. The van der Waals surface area contributed by atoms with Gasteiger partial charge < -0.3 is 9.31 Å². The third kappa shape index (κ3) is 5.08. The Morgan fingerprint density at radius 3 is 1.69 bits per heavy atom. The van der Waals surface area contributed by atoms with Gasteiger partial charge in [-0.15, -0.1) is 0 Å². The number of thioether (sulfide) groups is 1. The smallest absolute Gasteiger partial charge is 0.299 e. The van der Waals surface area contributed by atoms with E-state index in [0.29, 0.717) is 19.9 Å². The maximum Gasteiger partial charge on any atom is 0.299 e. The summed E-state index contributed by atoms with van der Waals surface area (Å²) in [6, 6.07) is 0. The fourth-order valence-electron chi connectivity index (χ4n) is 7.72. The minimum absolute atomic E-state index is 0.522. The largest absolute Gasteiger partial charge is 0.434 e. The van der Waals surface area contributed by atoms with Crippen molar-refractivity contribution in [3.8, 4) is 0 Å². The first-order valence-electron chi connectivity index (χ1n) is 13.3. The van der Waals surface area contributed by atoms with Gasteiger partial charge in [-0.3, -0.25) is 0 Å². The highest BCUT2D eigenvalue weighted by Gasteiger charge is 2.44. The summed E-state index contributed by atoms with van der Waals surface area (Å²) in [6.07, 6.45) is 23.2. The molecule has 0 aromatic rings. The standard InChI is InChI=1S/C24H42B2O2S/c1-2-16-24(23(15-1)28-26-21-11-5-12-22(26)14-6-13-21)29-18-17-27-25-19-7-3-8-20(25)10-4-9-19/h19-24H,1-18H2. The first kappa shape index (κ1) is 21.3. The van der Waals surface area contributed by atoms with Crippen LogP contribution in [0.3, 0.4) is 0 Å². The second kappa shape index (κ2) is 10.3. The highest BCUT2D eigenvalue weighted by atomic mass is 32.2. The minimum Gasteiger partial charge on any atom is -0.434 e. The Kier molecular flexibility index (Phi) is 7.58. The Balaban J connectivity index is 1.09. The molecule has 0 N–H and O–H groups in total. The first-order valence-corrected chi connectivity index (χ1v) is 14.3. The summed E-state index contributed by atoms with van der Waals surface area (Å²) in [5.41, 5.74) is 0. The third-order valence-corrected chi connectivity index (χ3v) is 10.5. The topological polar surface area (TPSA) is 18.5 Å². The zero-order valence-corrected chi connectivity index (χ0v) is 19.4. The van der Waals surface area contributed by atoms with E-state index in [1.54, 1.807) is 0 Å². The number of fused-ring (bicyclic) bond motifs is 4. The van der Waals surface area contributed by atoms with Gasteiger partial charge in [0.2, 0.25) is 0 Å². The van der Waals surface area contributed by atoms with Gasteiger partial charge in [-0.25, -0.2) is 0 Å². The van der Waals surface area contributed by atoms with Gasteiger partial charge in [-0.1, -0.05) is 89.9 Å². The molecule has 5 fully saturated rings. The van der Waals surface area contributed by atoms with Gasteiger partial charge >= 0.3 is 0 Å². The van der Waals surface area contributed by atoms with E-state index < -0.39 is 0 Å². The molecule has 0 aromatic carbocycles. The zero-order chi connectivity index (χ0) is 19.5. The number of hydrogen-bond donors (Lipinski definition) is 0. The van der Waals surface area contributed by atoms with Crippen molar-refractivity contribution in [2.24, 2.45) is 0 Å². The zero-order valence-electron chi connectivity index (χ0n) is 18.6. The van der Waals surface area contributed by atoms with Gasteiger partial charge in [-0.05, 0) is 36.1 Å². The van der Waals surface area contributed by atoms with E-state index in [-0.39, 0.29) is 0 Å². The quantitative estimate of drug-likeness (QED) is 0.321. The van der Waals surface area contributed by atoms with Crippen LogP contribution in [0.2, 0.25) is 23.3 Å². The van der Waals surface area contributed by atoms with Gasteiger partial charge in [0.15, 0.2) is 0 Å². The van der Waals surface area contributed by atoms with Crippen LogP contribution in [0.4, 0.5) is 0 Å². The molecule has 5 heteroatoms. The molecular formula is C24H42B2O2S. The Bertz CT molecular complexity index is 477. The molecule has 0 amide bonds. The van der Waals surface area contributed by atoms with Crippen LogP contribution in [0.25, 0.3) is 0 Å². The fourth-order valence-corrected chi connectivity index (χ4v) is 8.96. The van der Waals surface area contributed by atoms with Crippen molar-refractivity contribution in [2.75, 3.05) is 12.4 Å². The molecule has 1 saturated carbocycles. The van der Waals surface area contributed by atoms with E-state index >= 15 is 0 Å². The van der Waals surface area contributed by atoms with Crippen LogP contribution in [0.15, 0.2) is 0 Å². The molecule has 5 aliphatic rings. The van der Waals surface area contributed by atoms with Crippen LogP contribution in [0.5, 0.6) is 0 Å². The van der Waals surface area contributed by atoms with E-state index in [0.717, 1.165) is 35.1 Å². The monoisotopic (exact) mass is 416 g/mol. The van der Waals surface area contributed by atoms with Gasteiger partial charge in [0, 0.05) is 17.6 Å². The molecule has 2 atom stereocenters. The molecule has 0 aromatic heterocycles. The highest BCUT2D eigenvalue weighted by molar-refractivity contribution is 8.00. The summed E-state index contributed by atoms with van der Waals surface area (Å²) in [5, 5.41) is 0.723. The van der Waals surface area contributed by atoms with Gasteiger partial charge in [0.1, 0.15) is 0 Å². The van der Waals surface area contributed by atoms with Crippen LogP contribution >= 0.6 is 11.8 Å². The molecule has 0 radical (unpaired) electrons. The summed E-state index contributed by atoms with van der Waals surface area (Å²) in [4.78, 5) is 0. The predicted molar refractivity (Wildman–Crippen MR) is 127 cm³/mol. The minimum atomic E-state index is 0.522.